The molecule has 1 amide bonds. The number of halogens is 1. The van der Waals surface area contributed by atoms with E-state index in [1.165, 1.54) is 43.5 Å². The van der Waals surface area contributed by atoms with Crippen molar-refractivity contribution in [2.24, 2.45) is 0 Å². The molecule has 37 heavy (non-hydrogen) atoms. The first-order chi connectivity index (χ1) is 17.8. The molecule has 0 fully saturated rings. The van der Waals surface area contributed by atoms with Gasteiger partial charge in [-0.05, 0) is 72.1 Å². The summed E-state index contributed by atoms with van der Waals surface area (Å²) in [6, 6.07) is 27.5. The van der Waals surface area contributed by atoms with Crippen molar-refractivity contribution in [1.82, 2.24) is 5.32 Å². The number of benzene rings is 4. The number of carbonyl (C=O) groups excluding carboxylic acids is 1. The molecule has 0 aliphatic carbocycles. The van der Waals surface area contributed by atoms with Crippen LogP contribution >= 0.6 is 0 Å². The Hall–Kier alpha value is -4.17. The van der Waals surface area contributed by atoms with E-state index in [1.54, 1.807) is 0 Å². The summed E-state index contributed by atoms with van der Waals surface area (Å²) in [5.41, 5.74) is 2.90. The molecular formula is C29H27FN2O4S. The fourth-order valence-electron chi connectivity index (χ4n) is 4.03. The topological polar surface area (TPSA) is 75.7 Å². The molecule has 0 saturated carbocycles. The molecule has 1 N–H and O–H groups in total. The monoisotopic (exact) mass is 518 g/mol. The molecule has 1 atom stereocenters. The van der Waals surface area contributed by atoms with Crippen molar-refractivity contribution < 1.29 is 22.3 Å². The number of ether oxygens (including phenoxy) is 1. The Labute approximate surface area is 216 Å². The van der Waals surface area contributed by atoms with Gasteiger partial charge in [-0.25, -0.2) is 12.8 Å². The van der Waals surface area contributed by atoms with E-state index in [0.29, 0.717) is 5.75 Å². The van der Waals surface area contributed by atoms with Gasteiger partial charge in [-0.1, -0.05) is 54.6 Å². The van der Waals surface area contributed by atoms with E-state index in [2.05, 4.69) is 5.32 Å². The summed E-state index contributed by atoms with van der Waals surface area (Å²) in [6.45, 7) is 1.45. The number of carbonyl (C=O) groups is 1. The van der Waals surface area contributed by atoms with Crippen LogP contribution < -0.4 is 14.4 Å². The molecule has 0 unspecified atom stereocenters. The number of rotatable bonds is 9. The van der Waals surface area contributed by atoms with Gasteiger partial charge in [0.15, 0.2) is 0 Å². The van der Waals surface area contributed by atoms with Crippen molar-refractivity contribution in [3.05, 3.63) is 126 Å². The largest absolute Gasteiger partial charge is 0.497 e. The first-order valence-corrected chi connectivity index (χ1v) is 13.1. The van der Waals surface area contributed by atoms with Crippen LogP contribution in [0.25, 0.3) is 0 Å². The highest BCUT2D eigenvalue weighted by atomic mass is 32.2. The quantitative estimate of drug-likeness (QED) is 0.329. The van der Waals surface area contributed by atoms with E-state index < -0.39 is 34.3 Å². The van der Waals surface area contributed by atoms with Crippen LogP contribution in [-0.4, -0.2) is 28.0 Å². The number of anilines is 1. The molecule has 0 aliphatic rings. The number of methoxy groups -OCH3 is 1. The third kappa shape index (κ3) is 5.98. The maximum absolute atomic E-state index is 13.6. The van der Waals surface area contributed by atoms with Crippen molar-refractivity contribution in [2.45, 2.75) is 17.9 Å². The number of hydrogen-bond acceptors (Lipinski definition) is 4. The van der Waals surface area contributed by atoms with Crippen molar-refractivity contribution >= 4 is 21.6 Å². The molecule has 0 radical (unpaired) electrons. The lowest BCUT2D eigenvalue weighted by atomic mass is 9.95. The van der Waals surface area contributed by atoms with Gasteiger partial charge >= 0.3 is 0 Å². The molecule has 4 rings (SSSR count). The average Bonchev–Trinajstić information content (AvgIpc) is 2.92. The van der Waals surface area contributed by atoms with E-state index in [-0.39, 0.29) is 10.6 Å². The van der Waals surface area contributed by atoms with E-state index in [9.17, 15) is 17.6 Å². The highest BCUT2D eigenvalue weighted by molar-refractivity contribution is 7.92. The minimum absolute atomic E-state index is 0.0241. The van der Waals surface area contributed by atoms with Gasteiger partial charge in [0.1, 0.15) is 18.1 Å². The van der Waals surface area contributed by atoms with Crippen molar-refractivity contribution in [1.29, 1.82) is 0 Å². The van der Waals surface area contributed by atoms with E-state index >= 15 is 0 Å². The van der Waals surface area contributed by atoms with Crippen LogP contribution in [0.1, 0.15) is 22.7 Å². The lowest BCUT2D eigenvalue weighted by Crippen LogP contribution is -2.42. The predicted molar refractivity (Wildman–Crippen MR) is 142 cm³/mol. The Morgan fingerprint density at radius 2 is 1.51 bits per heavy atom. The molecule has 190 valence electrons. The first kappa shape index (κ1) is 25.9. The molecular weight excluding hydrogens is 491 g/mol. The van der Waals surface area contributed by atoms with Crippen LogP contribution in [0.4, 0.5) is 10.1 Å². The number of nitrogens with zero attached hydrogens (tertiary/aromatic N) is 1. The second-order valence-electron chi connectivity index (χ2n) is 8.43. The number of nitrogens with one attached hydrogen (secondary N) is 1. The second-order valence-corrected chi connectivity index (χ2v) is 10.3. The maximum Gasteiger partial charge on any atom is 0.264 e. The molecule has 0 spiro atoms. The Balaban J connectivity index is 1.69. The Bertz CT molecular complexity index is 1460. The normalized spacial score (nSPS) is 12.0. The zero-order valence-corrected chi connectivity index (χ0v) is 21.3. The number of aryl methyl sites for hydroxylation is 1. The fourth-order valence-corrected chi connectivity index (χ4v) is 5.45. The third-order valence-electron chi connectivity index (χ3n) is 5.99. The Kier molecular flexibility index (Phi) is 7.89. The molecule has 4 aromatic carbocycles. The van der Waals surface area contributed by atoms with Gasteiger partial charge in [0.05, 0.1) is 23.7 Å². The highest BCUT2D eigenvalue weighted by Gasteiger charge is 2.29. The van der Waals surface area contributed by atoms with Crippen molar-refractivity contribution in [3.63, 3.8) is 0 Å². The number of hydrogen-bond donors (Lipinski definition) is 1. The summed E-state index contributed by atoms with van der Waals surface area (Å²) in [6.07, 6.45) is 0. The van der Waals surface area contributed by atoms with Crippen LogP contribution in [0.3, 0.4) is 0 Å². The first-order valence-electron chi connectivity index (χ1n) is 11.6. The van der Waals surface area contributed by atoms with Gasteiger partial charge in [0, 0.05) is 0 Å². The summed E-state index contributed by atoms with van der Waals surface area (Å²) < 4.78 is 47.0. The van der Waals surface area contributed by atoms with Gasteiger partial charge in [-0.3, -0.25) is 9.10 Å². The molecule has 0 aromatic heterocycles. The van der Waals surface area contributed by atoms with Gasteiger partial charge < -0.3 is 10.1 Å². The van der Waals surface area contributed by atoms with Gasteiger partial charge in [0.25, 0.3) is 10.0 Å². The highest BCUT2D eigenvalue weighted by Crippen LogP contribution is 2.27. The molecule has 0 heterocycles. The summed E-state index contributed by atoms with van der Waals surface area (Å²) in [5, 5.41) is 3.00. The summed E-state index contributed by atoms with van der Waals surface area (Å²) in [7, 11) is -2.68. The Morgan fingerprint density at radius 1 is 0.892 bits per heavy atom. The van der Waals surface area contributed by atoms with Crippen molar-refractivity contribution in [2.75, 3.05) is 18.0 Å². The second kappa shape index (κ2) is 11.3. The van der Waals surface area contributed by atoms with Crippen LogP contribution in [-0.2, 0) is 14.8 Å². The number of sulfonamides is 1. The smallest absolute Gasteiger partial charge is 0.264 e. The zero-order chi connectivity index (χ0) is 26.4. The average molecular weight is 519 g/mol. The fraction of sp³-hybridized carbons (Fsp3) is 0.138. The minimum atomic E-state index is -4.17. The Morgan fingerprint density at radius 3 is 2.14 bits per heavy atom. The SMILES string of the molecule is COc1ccc(S(=O)(=O)N(CC(=O)N[C@H](c2ccccc2)c2ccccc2C)c2ccc(F)cc2)cc1. The summed E-state index contributed by atoms with van der Waals surface area (Å²) in [4.78, 5) is 13.4. The third-order valence-corrected chi connectivity index (χ3v) is 7.78. The molecule has 8 heteroatoms. The van der Waals surface area contributed by atoms with E-state index in [1.807, 2.05) is 61.5 Å². The van der Waals surface area contributed by atoms with Crippen LogP contribution in [0.2, 0.25) is 0 Å². The molecule has 6 nitrogen and oxygen atoms in total. The molecule has 0 saturated heterocycles. The molecule has 0 bridgehead atoms. The molecule has 0 aliphatic heterocycles. The van der Waals surface area contributed by atoms with Gasteiger partial charge in [0.2, 0.25) is 5.91 Å². The van der Waals surface area contributed by atoms with Gasteiger partial charge in [-0.2, -0.15) is 0 Å². The minimum Gasteiger partial charge on any atom is -0.497 e. The van der Waals surface area contributed by atoms with Crippen molar-refractivity contribution in [3.8, 4) is 5.75 Å². The summed E-state index contributed by atoms with van der Waals surface area (Å²) >= 11 is 0. The van der Waals surface area contributed by atoms with Gasteiger partial charge in [-0.15, -0.1) is 0 Å². The molecule has 4 aromatic rings. The lowest BCUT2D eigenvalue weighted by Gasteiger charge is -2.27. The zero-order valence-electron chi connectivity index (χ0n) is 20.5. The van der Waals surface area contributed by atoms with E-state index in [4.69, 9.17) is 4.74 Å². The maximum atomic E-state index is 13.6. The summed E-state index contributed by atoms with van der Waals surface area (Å²) in [5.74, 6) is -0.536. The van der Waals surface area contributed by atoms with Crippen LogP contribution in [0, 0.1) is 12.7 Å². The number of amides is 1. The van der Waals surface area contributed by atoms with Crippen LogP contribution in [0.15, 0.2) is 108 Å². The predicted octanol–water partition coefficient (Wildman–Crippen LogP) is 5.24. The van der Waals surface area contributed by atoms with E-state index in [0.717, 1.165) is 33.1 Å². The lowest BCUT2D eigenvalue weighted by molar-refractivity contribution is -0.120. The standard InChI is InChI=1S/C29H27FN2O4S/c1-21-8-6-7-11-27(21)29(22-9-4-3-5-10-22)31-28(33)20-32(24-14-12-23(30)13-15-24)37(34,35)26-18-16-25(36-2)17-19-26/h3-19,29H,20H2,1-2H3,(H,31,33)/t29-/m1/s1. The van der Waals surface area contributed by atoms with Crippen LogP contribution in [0.5, 0.6) is 5.75 Å².